The smallest absolute Gasteiger partial charge is 0.407 e. The number of sulfonamides is 1. The Morgan fingerprint density at radius 1 is 1.04 bits per heavy atom. The van der Waals surface area contributed by atoms with Gasteiger partial charge in [-0.2, -0.15) is 4.31 Å². The molecule has 4 rings (SSSR count). The van der Waals surface area contributed by atoms with Crippen molar-refractivity contribution in [3.05, 3.63) is 59.7 Å². The summed E-state index contributed by atoms with van der Waals surface area (Å²) < 4.78 is 73.1. The van der Waals surface area contributed by atoms with Gasteiger partial charge in [0.1, 0.15) is 11.9 Å². The summed E-state index contributed by atoms with van der Waals surface area (Å²) in [6.07, 6.45) is -4.57. The fraction of sp³-hybridized carbons (Fsp3) is 0.588. The Labute approximate surface area is 303 Å². The number of ether oxygens (including phenoxy) is 5. The molecule has 1 amide bonds. The molecule has 0 aliphatic carbocycles. The average Bonchev–Trinajstić information content (AvgIpc) is 3.72. The summed E-state index contributed by atoms with van der Waals surface area (Å²) >= 11 is 0. The van der Waals surface area contributed by atoms with Crippen molar-refractivity contribution in [2.45, 2.75) is 82.7 Å². The second kappa shape index (κ2) is 18.8. The number of nitrogens with zero attached hydrogens (tertiary/aromatic N) is 1. The van der Waals surface area contributed by atoms with Crippen LogP contribution in [0.3, 0.4) is 0 Å². The Balaban J connectivity index is 1.49. The van der Waals surface area contributed by atoms with Crippen LogP contribution in [0.2, 0.25) is 0 Å². The molecule has 52 heavy (non-hydrogen) atoms. The maximum atomic E-state index is 13.8. The molecule has 18 heteroatoms. The van der Waals surface area contributed by atoms with Crippen molar-refractivity contribution in [2.75, 3.05) is 39.3 Å². The molecule has 2 fully saturated rings. The van der Waals surface area contributed by atoms with Crippen molar-refractivity contribution >= 4 is 29.7 Å². The van der Waals surface area contributed by atoms with E-state index < -0.39 is 66.7 Å². The van der Waals surface area contributed by atoms with Gasteiger partial charge in [-0.3, -0.25) is 9.09 Å². The molecular formula is C34H49N2O14PS. The van der Waals surface area contributed by atoms with E-state index in [2.05, 4.69) is 5.32 Å². The summed E-state index contributed by atoms with van der Waals surface area (Å²) in [7, 11) is -8.44. The van der Waals surface area contributed by atoms with Gasteiger partial charge in [0.05, 0.1) is 49.4 Å². The number of alkyl carbamates (subject to hydrolysis) is 1. The van der Waals surface area contributed by atoms with Gasteiger partial charge >= 0.3 is 19.7 Å². The van der Waals surface area contributed by atoms with E-state index in [1.165, 1.54) is 43.3 Å². The first-order valence-corrected chi connectivity index (χ1v) is 20.3. The van der Waals surface area contributed by atoms with Gasteiger partial charge in [0.25, 0.3) is 0 Å². The molecule has 1 unspecified atom stereocenters. The van der Waals surface area contributed by atoms with Gasteiger partial charge in [-0.1, -0.05) is 38.1 Å². The number of hydrogen-bond donors (Lipinski definition) is 4. The van der Waals surface area contributed by atoms with Crippen LogP contribution >= 0.6 is 7.60 Å². The maximum Gasteiger partial charge on any atom is 0.407 e. The standard InChI is InChI=1S/C34H49N2O14PS/c1-5-45-32(39)23(4)50-51(41,42)21-48-26-10-6-24(7-11-26)16-29(35-34(40)49-31-20-47-33-28(31)14-15-46-33)30(38)18-36(17-22(2)3)52(43,44)27-12-8-25(19-37)9-13-27/h6-13,22-23,28-31,33,37-38H,5,14-21H2,1-4H3,(H,35,40)(H,41,42)/t23-,28+,29+,30-,31+,33-/m1/s1. The van der Waals surface area contributed by atoms with Crippen LogP contribution in [-0.4, -0.2) is 110 Å². The summed E-state index contributed by atoms with van der Waals surface area (Å²) in [6.45, 7) is 6.74. The van der Waals surface area contributed by atoms with Crippen molar-refractivity contribution in [2.24, 2.45) is 11.8 Å². The second-order valence-corrected chi connectivity index (χ2v) is 16.7. The van der Waals surface area contributed by atoms with Crippen LogP contribution in [0.25, 0.3) is 0 Å². The topological polar surface area (TPSA) is 217 Å². The van der Waals surface area contributed by atoms with Gasteiger partial charge in [0.15, 0.2) is 18.7 Å². The van der Waals surface area contributed by atoms with E-state index in [0.717, 1.165) is 4.31 Å². The Morgan fingerprint density at radius 2 is 1.71 bits per heavy atom. The average molecular weight is 773 g/mol. The molecule has 0 radical (unpaired) electrons. The number of aliphatic hydroxyl groups is 2. The van der Waals surface area contributed by atoms with Crippen LogP contribution in [0, 0.1) is 11.8 Å². The maximum absolute atomic E-state index is 13.8. The Hall–Kier alpha value is -3.12. The lowest BCUT2D eigenvalue weighted by atomic mass is 10.0. The minimum Gasteiger partial charge on any atom is -0.481 e. The van der Waals surface area contributed by atoms with Crippen molar-refractivity contribution < 1.29 is 65.9 Å². The van der Waals surface area contributed by atoms with Crippen LogP contribution < -0.4 is 10.1 Å². The zero-order valence-electron chi connectivity index (χ0n) is 29.7. The van der Waals surface area contributed by atoms with Crippen molar-refractivity contribution in [1.82, 2.24) is 9.62 Å². The fourth-order valence-corrected chi connectivity index (χ4v) is 8.37. The van der Waals surface area contributed by atoms with Crippen LogP contribution in [0.5, 0.6) is 5.75 Å². The molecule has 2 heterocycles. The Bertz CT molecular complexity index is 1630. The number of rotatable bonds is 19. The van der Waals surface area contributed by atoms with Crippen molar-refractivity contribution in [1.29, 1.82) is 0 Å². The third kappa shape index (κ3) is 11.7. The minimum atomic E-state index is -4.34. The van der Waals surface area contributed by atoms with E-state index in [1.54, 1.807) is 19.1 Å². The molecule has 16 nitrogen and oxygen atoms in total. The molecule has 4 N–H and O–H groups in total. The highest BCUT2D eigenvalue weighted by molar-refractivity contribution is 7.89. The predicted octanol–water partition coefficient (Wildman–Crippen LogP) is 2.78. The number of amides is 1. The summed E-state index contributed by atoms with van der Waals surface area (Å²) in [5.74, 6) is -0.825. The summed E-state index contributed by atoms with van der Waals surface area (Å²) in [5.41, 5.74) is 1.14. The number of aliphatic hydroxyl groups excluding tert-OH is 2. The predicted molar refractivity (Wildman–Crippen MR) is 186 cm³/mol. The molecule has 0 spiro atoms. The first kappa shape index (κ1) is 41.6. The third-order valence-corrected chi connectivity index (χ3v) is 11.4. The molecule has 0 saturated carbocycles. The highest BCUT2D eigenvalue weighted by Crippen LogP contribution is 2.43. The van der Waals surface area contributed by atoms with Gasteiger partial charge in [0, 0.05) is 13.1 Å². The minimum absolute atomic E-state index is 0.0141. The summed E-state index contributed by atoms with van der Waals surface area (Å²) in [5, 5.41) is 23.7. The monoisotopic (exact) mass is 772 g/mol. The number of fused-ring (bicyclic) bond motifs is 1. The van der Waals surface area contributed by atoms with Crippen LogP contribution in [0.1, 0.15) is 45.2 Å². The molecule has 290 valence electrons. The molecular weight excluding hydrogens is 723 g/mol. The number of esters is 1. The van der Waals surface area contributed by atoms with Gasteiger partial charge < -0.3 is 44.1 Å². The lowest BCUT2D eigenvalue weighted by Crippen LogP contribution is -2.51. The molecule has 0 aromatic heterocycles. The fourth-order valence-electron chi connectivity index (χ4n) is 5.80. The first-order valence-electron chi connectivity index (χ1n) is 17.1. The lowest BCUT2D eigenvalue weighted by molar-refractivity contribution is -0.150. The SMILES string of the molecule is CCOC(=O)[C@@H](C)OP(=O)(O)COc1ccc(C[C@H](NC(=O)O[C@H]2CO[C@H]3OCC[C@H]32)[C@H](O)CN(CC(C)C)S(=O)(=O)c2ccc(CO)cc2)cc1. The van der Waals surface area contributed by atoms with Gasteiger partial charge in [-0.05, 0) is 68.0 Å². The lowest BCUT2D eigenvalue weighted by Gasteiger charge is -2.31. The van der Waals surface area contributed by atoms with Gasteiger partial charge in [-0.25, -0.2) is 18.0 Å². The highest BCUT2D eigenvalue weighted by Gasteiger charge is 2.44. The first-order chi connectivity index (χ1) is 24.6. The van der Waals surface area contributed by atoms with E-state index >= 15 is 0 Å². The zero-order valence-corrected chi connectivity index (χ0v) is 31.4. The molecule has 7 atom stereocenters. The zero-order chi connectivity index (χ0) is 38.1. The van der Waals surface area contributed by atoms with E-state index in [4.69, 9.17) is 28.2 Å². The van der Waals surface area contributed by atoms with E-state index in [9.17, 15) is 37.7 Å². The normalized spacial score (nSPS) is 21.6. The van der Waals surface area contributed by atoms with E-state index in [-0.39, 0.29) is 61.8 Å². The highest BCUT2D eigenvalue weighted by atomic mass is 32.2. The van der Waals surface area contributed by atoms with E-state index in [1.807, 2.05) is 13.8 Å². The van der Waals surface area contributed by atoms with Crippen LogP contribution in [0.15, 0.2) is 53.4 Å². The van der Waals surface area contributed by atoms with Crippen LogP contribution in [-0.2, 0) is 55.9 Å². The number of nitrogens with one attached hydrogen (secondary N) is 1. The number of hydrogen-bond acceptors (Lipinski definition) is 13. The molecule has 2 aromatic rings. The Kier molecular flexibility index (Phi) is 15.0. The largest absolute Gasteiger partial charge is 0.481 e. The van der Waals surface area contributed by atoms with Gasteiger partial charge in [0.2, 0.25) is 10.0 Å². The summed E-state index contributed by atoms with van der Waals surface area (Å²) in [4.78, 5) is 35.2. The molecule has 2 aromatic carbocycles. The molecule has 0 bridgehead atoms. The number of benzene rings is 2. The summed E-state index contributed by atoms with van der Waals surface area (Å²) in [6, 6.07) is 11.0. The van der Waals surface area contributed by atoms with Crippen molar-refractivity contribution in [3.63, 3.8) is 0 Å². The van der Waals surface area contributed by atoms with E-state index in [0.29, 0.717) is 24.2 Å². The van der Waals surface area contributed by atoms with Crippen molar-refractivity contribution in [3.8, 4) is 5.75 Å². The van der Waals surface area contributed by atoms with Gasteiger partial charge in [-0.15, -0.1) is 0 Å². The number of carbonyl (C=O) groups excluding carboxylic acids is 2. The molecule has 2 aliphatic heterocycles. The number of carbonyl (C=O) groups is 2. The van der Waals surface area contributed by atoms with Crippen LogP contribution in [0.4, 0.5) is 4.79 Å². The quantitative estimate of drug-likeness (QED) is 0.119. The Morgan fingerprint density at radius 3 is 2.35 bits per heavy atom. The molecule has 2 saturated heterocycles. The molecule has 2 aliphatic rings. The second-order valence-electron chi connectivity index (χ2n) is 13.1. The third-order valence-electron chi connectivity index (χ3n) is 8.43.